The lowest BCUT2D eigenvalue weighted by molar-refractivity contribution is -0.121. The van der Waals surface area contributed by atoms with Crippen LogP contribution in [0.15, 0.2) is 77.7 Å². The second-order valence-electron chi connectivity index (χ2n) is 7.33. The summed E-state index contributed by atoms with van der Waals surface area (Å²) in [4.78, 5) is 41.5. The average molecular weight is 429 g/mol. The highest BCUT2D eigenvalue weighted by Gasteiger charge is 2.19. The maximum Gasteiger partial charge on any atom is 0.338 e. The van der Waals surface area contributed by atoms with Crippen molar-refractivity contribution in [3.63, 3.8) is 0 Å². The van der Waals surface area contributed by atoms with Crippen LogP contribution in [0.1, 0.15) is 23.0 Å². The summed E-state index contributed by atoms with van der Waals surface area (Å²) in [6.07, 6.45) is 1.62. The smallest absolute Gasteiger partial charge is 0.338 e. The molecule has 0 bridgehead atoms. The molecule has 0 saturated carbocycles. The number of anilines is 1. The van der Waals surface area contributed by atoms with Gasteiger partial charge in [0.15, 0.2) is 6.61 Å². The van der Waals surface area contributed by atoms with Crippen LogP contribution in [-0.4, -0.2) is 34.6 Å². The number of hydrogen-bond acceptors (Lipinski definition) is 4. The molecule has 32 heavy (non-hydrogen) atoms. The van der Waals surface area contributed by atoms with Gasteiger partial charge in [-0.15, -0.1) is 0 Å². The topological polar surface area (TPSA) is 84.4 Å². The molecule has 0 saturated heterocycles. The van der Waals surface area contributed by atoms with Gasteiger partial charge in [-0.3, -0.25) is 9.36 Å². The second-order valence-corrected chi connectivity index (χ2v) is 7.33. The fraction of sp³-hybridized carbons (Fsp3) is 0.160. The van der Waals surface area contributed by atoms with E-state index in [9.17, 15) is 14.4 Å². The third kappa shape index (κ3) is 4.05. The first-order chi connectivity index (χ1) is 15.5. The Labute approximate surface area is 184 Å². The number of ether oxygens (including phenoxy) is 1. The maximum atomic E-state index is 12.8. The summed E-state index contributed by atoms with van der Waals surface area (Å²) in [5, 5.41) is 1.99. The van der Waals surface area contributed by atoms with E-state index < -0.39 is 5.97 Å². The number of benzene rings is 3. The first-order valence-electron chi connectivity index (χ1n) is 10.3. The molecule has 0 aliphatic heterocycles. The number of carbonyl (C=O) groups excluding carboxylic acids is 2. The predicted octanol–water partition coefficient (Wildman–Crippen LogP) is 3.84. The fourth-order valence-corrected chi connectivity index (χ4v) is 3.74. The van der Waals surface area contributed by atoms with E-state index in [1.54, 1.807) is 42.3 Å². The summed E-state index contributed by atoms with van der Waals surface area (Å²) >= 11 is 0. The van der Waals surface area contributed by atoms with Gasteiger partial charge in [0, 0.05) is 23.8 Å². The van der Waals surface area contributed by atoms with Crippen LogP contribution in [0.2, 0.25) is 0 Å². The van der Waals surface area contributed by atoms with E-state index in [1.165, 1.54) is 4.57 Å². The normalized spacial score (nSPS) is 10.8. The minimum atomic E-state index is -0.600. The van der Waals surface area contributed by atoms with Crippen molar-refractivity contribution < 1.29 is 14.3 Å². The Kier molecular flexibility index (Phi) is 5.89. The Balaban J connectivity index is 1.46. The molecule has 3 aromatic carbocycles. The number of fused-ring (bicyclic) bond motifs is 1. The van der Waals surface area contributed by atoms with E-state index in [2.05, 4.69) is 4.98 Å². The number of amides is 1. The molecular formula is C25H23N3O4. The standard InChI is InChI=1S/C25H23N3O4/c1-3-27(22-10-6-8-18-7-4-5-9-21(18)22)23(29)16-32-24(30)19-11-13-20(14-12-19)28-17(2)15-26-25(28)31/h4-15H,3,16H2,1-2H3,(H,26,31). The lowest BCUT2D eigenvalue weighted by Crippen LogP contribution is -2.34. The van der Waals surface area contributed by atoms with Crippen molar-refractivity contribution in [2.75, 3.05) is 18.1 Å². The molecule has 1 aromatic heterocycles. The zero-order valence-electron chi connectivity index (χ0n) is 17.9. The van der Waals surface area contributed by atoms with Gasteiger partial charge < -0.3 is 14.6 Å². The molecule has 0 aliphatic rings. The zero-order valence-corrected chi connectivity index (χ0v) is 17.9. The molecule has 0 spiro atoms. The molecule has 1 N–H and O–H groups in total. The number of aromatic amines is 1. The van der Waals surface area contributed by atoms with Crippen LogP contribution in [0.4, 0.5) is 5.69 Å². The fourth-order valence-electron chi connectivity index (χ4n) is 3.74. The highest BCUT2D eigenvalue weighted by molar-refractivity contribution is 6.04. The van der Waals surface area contributed by atoms with Gasteiger partial charge in [-0.1, -0.05) is 36.4 Å². The van der Waals surface area contributed by atoms with E-state index in [1.807, 2.05) is 49.4 Å². The molecule has 0 fully saturated rings. The molecule has 0 radical (unpaired) electrons. The van der Waals surface area contributed by atoms with Crippen molar-refractivity contribution in [1.82, 2.24) is 9.55 Å². The van der Waals surface area contributed by atoms with Crippen LogP contribution in [0.5, 0.6) is 0 Å². The van der Waals surface area contributed by atoms with Crippen LogP contribution >= 0.6 is 0 Å². The number of nitrogens with one attached hydrogen (secondary N) is 1. The van der Waals surface area contributed by atoms with Crippen molar-refractivity contribution in [1.29, 1.82) is 0 Å². The van der Waals surface area contributed by atoms with Crippen LogP contribution in [-0.2, 0) is 9.53 Å². The summed E-state index contributed by atoms with van der Waals surface area (Å²) in [5.41, 5.74) is 2.22. The number of esters is 1. The van der Waals surface area contributed by atoms with Gasteiger partial charge in [-0.2, -0.15) is 0 Å². The summed E-state index contributed by atoms with van der Waals surface area (Å²) in [6.45, 7) is 3.77. The molecule has 0 atom stereocenters. The quantitative estimate of drug-likeness (QED) is 0.472. The SMILES string of the molecule is CCN(C(=O)COC(=O)c1ccc(-n2c(C)c[nH]c2=O)cc1)c1cccc2ccccc12. The maximum absolute atomic E-state index is 12.8. The lowest BCUT2D eigenvalue weighted by Gasteiger charge is -2.22. The van der Waals surface area contributed by atoms with Gasteiger partial charge in [-0.05, 0) is 49.6 Å². The van der Waals surface area contributed by atoms with Crippen molar-refractivity contribution in [3.8, 4) is 5.69 Å². The number of likely N-dealkylation sites (N-methyl/N-ethyl adjacent to an activating group) is 1. The Morgan fingerprint density at radius 3 is 2.41 bits per heavy atom. The Hall–Kier alpha value is -4.13. The van der Waals surface area contributed by atoms with Crippen molar-refractivity contribution >= 4 is 28.3 Å². The van der Waals surface area contributed by atoms with Crippen LogP contribution in [0, 0.1) is 6.92 Å². The number of aryl methyl sites for hydroxylation is 1. The van der Waals surface area contributed by atoms with Gasteiger partial charge in [0.05, 0.1) is 16.9 Å². The summed E-state index contributed by atoms with van der Waals surface area (Å²) < 4.78 is 6.78. The van der Waals surface area contributed by atoms with Crippen molar-refractivity contribution in [2.24, 2.45) is 0 Å². The Bertz CT molecular complexity index is 1330. The molecule has 162 valence electrons. The van der Waals surface area contributed by atoms with Gasteiger partial charge in [0.1, 0.15) is 0 Å². The molecule has 4 rings (SSSR count). The van der Waals surface area contributed by atoms with Crippen molar-refractivity contribution in [3.05, 3.63) is 94.7 Å². The summed E-state index contributed by atoms with van der Waals surface area (Å²) in [7, 11) is 0. The number of aromatic nitrogens is 2. The van der Waals surface area contributed by atoms with Gasteiger partial charge in [0.2, 0.25) is 0 Å². The van der Waals surface area contributed by atoms with E-state index in [-0.39, 0.29) is 18.2 Å². The minimum absolute atomic E-state index is 0.253. The van der Waals surface area contributed by atoms with E-state index in [4.69, 9.17) is 4.74 Å². The van der Waals surface area contributed by atoms with Crippen molar-refractivity contribution in [2.45, 2.75) is 13.8 Å². The summed E-state index contributed by atoms with van der Waals surface area (Å²) in [5.74, 6) is -0.902. The van der Waals surface area contributed by atoms with Gasteiger partial charge in [-0.25, -0.2) is 9.59 Å². The Morgan fingerprint density at radius 2 is 1.72 bits per heavy atom. The first kappa shape index (κ1) is 21.1. The largest absolute Gasteiger partial charge is 0.452 e. The number of carbonyl (C=O) groups is 2. The molecule has 0 aliphatic carbocycles. The number of hydrogen-bond donors (Lipinski definition) is 1. The lowest BCUT2D eigenvalue weighted by atomic mass is 10.1. The minimum Gasteiger partial charge on any atom is -0.452 e. The zero-order chi connectivity index (χ0) is 22.7. The predicted molar refractivity (Wildman–Crippen MR) is 123 cm³/mol. The monoisotopic (exact) mass is 429 g/mol. The molecule has 7 nitrogen and oxygen atoms in total. The molecule has 7 heteroatoms. The van der Waals surface area contributed by atoms with E-state index >= 15 is 0 Å². The van der Waals surface area contributed by atoms with E-state index in [0.717, 1.165) is 22.2 Å². The van der Waals surface area contributed by atoms with Crippen LogP contribution in [0.25, 0.3) is 16.5 Å². The molecule has 0 unspecified atom stereocenters. The molecular weight excluding hydrogens is 406 g/mol. The summed E-state index contributed by atoms with van der Waals surface area (Å²) in [6, 6.07) is 20.1. The number of H-pyrrole nitrogens is 1. The van der Waals surface area contributed by atoms with Gasteiger partial charge >= 0.3 is 11.7 Å². The van der Waals surface area contributed by atoms with E-state index in [0.29, 0.717) is 17.8 Å². The second kappa shape index (κ2) is 8.93. The molecule has 4 aromatic rings. The molecule has 1 heterocycles. The number of nitrogens with zero attached hydrogens (tertiary/aromatic N) is 2. The first-order valence-corrected chi connectivity index (χ1v) is 10.3. The highest BCUT2D eigenvalue weighted by atomic mass is 16.5. The van der Waals surface area contributed by atoms with Gasteiger partial charge in [0.25, 0.3) is 5.91 Å². The third-order valence-corrected chi connectivity index (χ3v) is 5.32. The number of rotatable bonds is 6. The highest BCUT2D eigenvalue weighted by Crippen LogP contribution is 2.26. The Morgan fingerprint density at radius 1 is 1.00 bits per heavy atom. The average Bonchev–Trinajstić information content (AvgIpc) is 3.16. The number of imidazole rings is 1. The third-order valence-electron chi connectivity index (χ3n) is 5.32. The van der Waals surface area contributed by atoms with Crippen LogP contribution in [0.3, 0.4) is 0 Å². The molecule has 1 amide bonds. The van der Waals surface area contributed by atoms with Crippen LogP contribution < -0.4 is 10.6 Å².